The van der Waals surface area contributed by atoms with Gasteiger partial charge >= 0.3 is 0 Å². The number of nitrogens with one attached hydrogen (secondary N) is 1. The van der Waals surface area contributed by atoms with E-state index in [9.17, 15) is 9.90 Å². The number of phenols is 1. The van der Waals surface area contributed by atoms with Crippen LogP contribution in [0.1, 0.15) is 22.0 Å². The predicted molar refractivity (Wildman–Crippen MR) is 116 cm³/mol. The van der Waals surface area contributed by atoms with Crippen molar-refractivity contribution in [3.05, 3.63) is 65.9 Å². The third-order valence-corrected chi connectivity index (χ3v) is 6.02. The second kappa shape index (κ2) is 6.71. The van der Waals surface area contributed by atoms with Crippen LogP contribution in [0.3, 0.4) is 0 Å². The number of halogens is 1. The van der Waals surface area contributed by atoms with Crippen molar-refractivity contribution in [3.63, 3.8) is 0 Å². The SMILES string of the molecule is COc1cccc2cc(C(=O)N3C[C@@H](CCl)c4c3cc(O)c3ccccc43)[nH]c12. The van der Waals surface area contributed by atoms with Crippen LogP contribution in [0.5, 0.6) is 11.5 Å². The standard InChI is InChI=1S/C23H19ClN2O3/c1-29-20-8-4-5-13-9-17(25-22(13)20)23(28)26-12-14(11-24)21-16-7-3-2-6-15(16)19(27)10-18(21)26/h2-10,14,25,27H,11-12H2,1H3/t14-/m1/s1. The van der Waals surface area contributed by atoms with Gasteiger partial charge in [-0.2, -0.15) is 0 Å². The molecule has 5 nitrogen and oxygen atoms in total. The van der Waals surface area contributed by atoms with Gasteiger partial charge in [0.2, 0.25) is 0 Å². The number of nitrogens with zero attached hydrogens (tertiary/aromatic N) is 1. The van der Waals surface area contributed by atoms with Gasteiger partial charge in [-0.25, -0.2) is 0 Å². The summed E-state index contributed by atoms with van der Waals surface area (Å²) >= 11 is 6.27. The number of anilines is 1. The Morgan fingerprint density at radius 3 is 2.76 bits per heavy atom. The molecule has 0 saturated carbocycles. The number of aromatic amines is 1. The van der Waals surface area contributed by atoms with Crippen LogP contribution in [-0.4, -0.2) is 35.5 Å². The lowest BCUT2D eigenvalue weighted by Crippen LogP contribution is -2.30. The number of aromatic nitrogens is 1. The lowest BCUT2D eigenvalue weighted by molar-refractivity contribution is 0.0984. The van der Waals surface area contributed by atoms with E-state index in [2.05, 4.69) is 4.98 Å². The molecular formula is C23H19ClN2O3. The van der Waals surface area contributed by atoms with Gasteiger partial charge in [-0.3, -0.25) is 4.79 Å². The van der Waals surface area contributed by atoms with Crippen LogP contribution in [0.15, 0.2) is 54.6 Å². The molecule has 146 valence electrons. The molecule has 1 atom stereocenters. The zero-order valence-corrected chi connectivity index (χ0v) is 16.5. The number of para-hydroxylation sites is 1. The molecule has 1 aliphatic heterocycles. The number of carbonyl (C=O) groups is 1. The third-order valence-electron chi connectivity index (χ3n) is 5.64. The van der Waals surface area contributed by atoms with E-state index >= 15 is 0 Å². The minimum absolute atomic E-state index is 0.0000288. The van der Waals surface area contributed by atoms with Crippen LogP contribution in [0.2, 0.25) is 0 Å². The van der Waals surface area contributed by atoms with Gasteiger partial charge in [0.05, 0.1) is 18.3 Å². The Kier molecular flexibility index (Phi) is 4.14. The fourth-order valence-corrected chi connectivity index (χ4v) is 4.56. The first-order valence-electron chi connectivity index (χ1n) is 9.40. The number of methoxy groups -OCH3 is 1. The highest BCUT2D eigenvalue weighted by atomic mass is 35.5. The van der Waals surface area contributed by atoms with Crippen molar-refractivity contribution in [2.24, 2.45) is 0 Å². The Labute approximate surface area is 172 Å². The number of benzene rings is 3. The zero-order chi connectivity index (χ0) is 20.1. The minimum atomic E-state index is -0.160. The number of carbonyl (C=O) groups excluding carboxylic acids is 1. The zero-order valence-electron chi connectivity index (χ0n) is 15.8. The lowest BCUT2D eigenvalue weighted by Gasteiger charge is -2.17. The topological polar surface area (TPSA) is 65.6 Å². The molecule has 0 unspecified atom stereocenters. The number of aromatic hydroxyl groups is 1. The fraction of sp³-hybridized carbons (Fsp3) is 0.174. The summed E-state index contributed by atoms with van der Waals surface area (Å²) in [6.07, 6.45) is 0. The van der Waals surface area contributed by atoms with E-state index in [4.69, 9.17) is 16.3 Å². The quantitative estimate of drug-likeness (QED) is 0.469. The van der Waals surface area contributed by atoms with Gasteiger partial charge in [0, 0.05) is 35.2 Å². The second-order valence-corrected chi connectivity index (χ2v) is 7.56. The largest absolute Gasteiger partial charge is 0.507 e. The van der Waals surface area contributed by atoms with Crippen LogP contribution in [0.4, 0.5) is 5.69 Å². The Hall–Kier alpha value is -3.18. The molecule has 1 aromatic heterocycles. The first-order valence-corrected chi connectivity index (χ1v) is 9.94. The van der Waals surface area contributed by atoms with Gasteiger partial charge in [0.25, 0.3) is 5.91 Å². The maximum absolute atomic E-state index is 13.4. The van der Waals surface area contributed by atoms with Crippen LogP contribution in [-0.2, 0) is 0 Å². The third kappa shape index (κ3) is 2.65. The lowest BCUT2D eigenvalue weighted by atomic mass is 9.95. The van der Waals surface area contributed by atoms with Crippen LogP contribution >= 0.6 is 11.6 Å². The minimum Gasteiger partial charge on any atom is -0.507 e. The number of H-pyrrole nitrogens is 1. The molecule has 6 heteroatoms. The summed E-state index contributed by atoms with van der Waals surface area (Å²) in [6.45, 7) is 0.470. The highest BCUT2D eigenvalue weighted by Gasteiger charge is 2.35. The molecule has 3 aromatic carbocycles. The van der Waals surface area contributed by atoms with Gasteiger partial charge in [-0.05, 0) is 23.1 Å². The molecule has 4 aromatic rings. The van der Waals surface area contributed by atoms with Gasteiger partial charge in [0.1, 0.15) is 17.2 Å². The molecule has 0 bridgehead atoms. The van der Waals surface area contributed by atoms with Crippen molar-refractivity contribution in [1.82, 2.24) is 4.98 Å². The highest BCUT2D eigenvalue weighted by molar-refractivity contribution is 6.19. The fourth-order valence-electron chi connectivity index (χ4n) is 4.30. The number of rotatable bonds is 3. The number of alkyl halides is 1. The van der Waals surface area contributed by atoms with Crippen molar-refractivity contribution in [2.45, 2.75) is 5.92 Å². The molecule has 0 fully saturated rings. The van der Waals surface area contributed by atoms with Crippen LogP contribution in [0, 0.1) is 0 Å². The second-order valence-electron chi connectivity index (χ2n) is 7.25. The van der Waals surface area contributed by atoms with Crippen molar-refractivity contribution < 1.29 is 14.6 Å². The number of fused-ring (bicyclic) bond motifs is 4. The van der Waals surface area contributed by atoms with Crippen molar-refractivity contribution in [2.75, 3.05) is 24.4 Å². The molecule has 2 heterocycles. The summed E-state index contributed by atoms with van der Waals surface area (Å²) in [6, 6.07) is 16.8. The monoisotopic (exact) mass is 406 g/mol. The predicted octanol–water partition coefficient (Wildman–Crippen LogP) is 5.02. The number of amides is 1. The Morgan fingerprint density at radius 2 is 2.00 bits per heavy atom. The Bertz CT molecular complexity index is 1260. The summed E-state index contributed by atoms with van der Waals surface area (Å²) in [5, 5.41) is 13.2. The average Bonchev–Trinajstić information content (AvgIpc) is 3.35. The smallest absolute Gasteiger partial charge is 0.274 e. The molecular weight excluding hydrogens is 388 g/mol. The number of ether oxygens (including phenoxy) is 1. The van der Waals surface area contributed by atoms with Crippen molar-refractivity contribution >= 4 is 44.9 Å². The molecule has 2 N–H and O–H groups in total. The maximum atomic E-state index is 13.4. The summed E-state index contributed by atoms with van der Waals surface area (Å²) in [5.41, 5.74) is 2.98. The van der Waals surface area contributed by atoms with Crippen LogP contribution < -0.4 is 9.64 Å². The van der Waals surface area contributed by atoms with E-state index in [0.29, 0.717) is 29.6 Å². The van der Waals surface area contributed by atoms with Gasteiger partial charge in [0.15, 0.2) is 0 Å². The average molecular weight is 407 g/mol. The summed E-state index contributed by atoms with van der Waals surface area (Å²) < 4.78 is 5.39. The van der Waals surface area contributed by atoms with Gasteiger partial charge in [-0.1, -0.05) is 36.4 Å². The Morgan fingerprint density at radius 1 is 1.21 bits per heavy atom. The summed E-state index contributed by atoms with van der Waals surface area (Å²) in [4.78, 5) is 18.3. The van der Waals surface area contributed by atoms with E-state index in [0.717, 1.165) is 27.2 Å². The van der Waals surface area contributed by atoms with E-state index < -0.39 is 0 Å². The van der Waals surface area contributed by atoms with E-state index in [1.54, 1.807) is 18.1 Å². The van der Waals surface area contributed by atoms with E-state index in [1.165, 1.54) is 0 Å². The van der Waals surface area contributed by atoms with E-state index in [1.807, 2.05) is 48.5 Å². The molecule has 0 saturated heterocycles. The maximum Gasteiger partial charge on any atom is 0.274 e. The molecule has 1 amide bonds. The van der Waals surface area contributed by atoms with Crippen LogP contribution in [0.25, 0.3) is 21.7 Å². The van der Waals surface area contributed by atoms with Crippen molar-refractivity contribution in [3.8, 4) is 11.5 Å². The molecule has 0 radical (unpaired) electrons. The molecule has 1 aliphatic rings. The molecule has 5 rings (SSSR count). The highest BCUT2D eigenvalue weighted by Crippen LogP contribution is 2.45. The van der Waals surface area contributed by atoms with E-state index in [-0.39, 0.29) is 17.6 Å². The number of phenolic OH excluding ortho intramolecular Hbond substituents is 1. The van der Waals surface area contributed by atoms with Gasteiger partial charge < -0.3 is 19.7 Å². The first-order chi connectivity index (χ1) is 14.1. The Balaban J connectivity index is 1.64. The number of hydrogen-bond donors (Lipinski definition) is 2. The summed E-state index contributed by atoms with van der Waals surface area (Å²) in [7, 11) is 1.60. The number of hydrogen-bond acceptors (Lipinski definition) is 3. The van der Waals surface area contributed by atoms with Crippen molar-refractivity contribution in [1.29, 1.82) is 0 Å². The molecule has 29 heavy (non-hydrogen) atoms. The molecule has 0 spiro atoms. The first kappa shape index (κ1) is 17.9. The summed E-state index contributed by atoms with van der Waals surface area (Å²) in [5.74, 6) is 1.08. The van der Waals surface area contributed by atoms with Gasteiger partial charge in [-0.15, -0.1) is 11.6 Å². The molecule has 0 aliphatic carbocycles. The normalized spacial score (nSPS) is 15.8.